The number of benzene rings is 6. The second-order valence-corrected chi connectivity index (χ2v) is 30.5. The van der Waals surface area contributed by atoms with E-state index in [4.69, 9.17) is 42.6 Å². The van der Waals surface area contributed by atoms with Crippen molar-refractivity contribution in [3.63, 3.8) is 0 Å². The first-order valence-electron chi connectivity index (χ1n) is 32.7. The lowest BCUT2D eigenvalue weighted by Crippen LogP contribution is -2.58. The molecule has 1 heterocycles. The molecule has 12 fully saturated rings. The van der Waals surface area contributed by atoms with Crippen LogP contribution in [0.5, 0.6) is 51.7 Å². The molecule has 0 amide bonds. The van der Waals surface area contributed by atoms with Crippen molar-refractivity contribution in [1.82, 2.24) is 0 Å². The lowest BCUT2D eigenvalue weighted by atomic mass is 9.50. The van der Waals surface area contributed by atoms with Gasteiger partial charge in [0.1, 0.15) is 68.5 Å². The largest absolute Gasteiger partial charge is 0.482 e. The van der Waals surface area contributed by atoms with Crippen molar-refractivity contribution in [2.45, 2.75) is 134 Å². The highest BCUT2D eigenvalue weighted by Crippen LogP contribution is 2.62. The maximum Gasteiger partial charge on any atom is 0.344 e. The summed E-state index contributed by atoms with van der Waals surface area (Å²) in [5, 5.41) is 2.06. The number of carbonyl (C=O) groups excluding carboxylic acids is 3. The predicted molar refractivity (Wildman–Crippen MR) is 336 cm³/mol. The molecule has 0 unspecified atom stereocenters. The van der Waals surface area contributed by atoms with E-state index in [1.807, 2.05) is 97.1 Å². The van der Waals surface area contributed by atoms with Gasteiger partial charge in [-0.1, -0.05) is 0 Å². The number of ether oxygens (including phenoxy) is 9. The Morgan fingerprint density at radius 1 is 0.330 bits per heavy atom. The number of fused-ring (bicyclic) bond motifs is 3. The molecule has 7 aromatic rings. The van der Waals surface area contributed by atoms with Crippen LogP contribution < -0.4 is 28.4 Å². The molecule has 0 N–H and O–H groups in total. The van der Waals surface area contributed by atoms with Crippen LogP contribution >= 0.6 is 10.5 Å². The Hall–Kier alpha value is -7.25. The third-order valence-electron chi connectivity index (χ3n) is 23.2. The van der Waals surface area contributed by atoms with Gasteiger partial charge in [0.15, 0.2) is 34.1 Å². The molecule has 0 radical (unpaired) electrons. The number of rotatable bonds is 19. The second kappa shape index (κ2) is 22.1. The maximum absolute atomic E-state index is 13.2. The maximum atomic E-state index is 13.2. The molecule has 12 aliphatic rings. The van der Waals surface area contributed by atoms with E-state index in [1.165, 1.54) is 96.3 Å². The molecule has 6 aromatic carbocycles. The standard InChI is InChI=1S/C75H79O12S/c1-73(50-27-44-24-45(29-50)30-51(73)28-44)85-70(76)41-79-56-4-10-59(11-5-56)82-62-16-20-65(21-17-62)88-68-22-18-63(83-60-12-6-57(7-13-60)80-42-71(77)86-74(2)52-31-46-25-47(33-52)34-53(74)32-46)39-66(68)67-40-64(19-23-69(67)88)84-61-14-8-58(9-15-61)81-43-72(78)87-75(3)54-35-48-26-49(37-54)38-55(75)36-48/h4-23,39-40,44-55H,24-38,41-43H2,1-3H3/q+1. The van der Waals surface area contributed by atoms with E-state index in [0.29, 0.717) is 87.3 Å². The van der Waals surface area contributed by atoms with Crippen LogP contribution in [0.3, 0.4) is 0 Å². The quantitative estimate of drug-likeness (QED) is 0.0433. The number of hydrogen-bond donors (Lipinski definition) is 0. The normalized spacial score (nSPS) is 32.6. The SMILES string of the molecule is CC1(OC(=O)COc2ccc(Oc3ccc(-[s+]4c5ccc(Oc6ccc(OCC(=O)OC7(C)C8CC9CC(C8)CC7C9)cc6)cc5c5cc(Oc6ccc(OCC(=O)OC7(C)C8CC9CC(C8)CC7C9)cc6)ccc54)cc3)cc2)C2CC3CC(C2)CC1C3. The van der Waals surface area contributed by atoms with Gasteiger partial charge >= 0.3 is 17.9 Å². The first-order valence-corrected chi connectivity index (χ1v) is 33.9. The zero-order chi connectivity index (χ0) is 59.5. The summed E-state index contributed by atoms with van der Waals surface area (Å²) < 4.78 is 58.4. The van der Waals surface area contributed by atoms with Crippen LogP contribution in [0.1, 0.15) is 117 Å². The van der Waals surface area contributed by atoms with Gasteiger partial charge < -0.3 is 42.6 Å². The Labute approximate surface area is 517 Å². The van der Waals surface area contributed by atoms with E-state index >= 15 is 0 Å². The molecule has 13 heteroatoms. The summed E-state index contributed by atoms with van der Waals surface area (Å²) in [6.07, 6.45) is 18.1. The Balaban J connectivity index is 0.594. The minimum Gasteiger partial charge on any atom is -0.482 e. The molecule has 456 valence electrons. The highest BCUT2D eigenvalue weighted by molar-refractivity contribution is 7.50. The Bertz CT molecular complexity index is 3540. The Morgan fingerprint density at radius 2 is 0.568 bits per heavy atom. The van der Waals surface area contributed by atoms with Crippen LogP contribution in [0.4, 0.5) is 0 Å². The molecule has 0 atom stereocenters. The van der Waals surface area contributed by atoms with Gasteiger partial charge in [-0.25, -0.2) is 14.4 Å². The average Bonchev–Trinajstić information content (AvgIpc) is 1.31. The molecule has 12 saturated carbocycles. The Morgan fingerprint density at radius 3 is 0.852 bits per heavy atom. The topological polar surface area (TPSA) is 134 Å². The van der Waals surface area contributed by atoms with Gasteiger partial charge in [0.25, 0.3) is 0 Å². The van der Waals surface area contributed by atoms with Crippen molar-refractivity contribution in [3.8, 4) is 56.6 Å². The molecular formula is C75H79O12S+. The number of esters is 3. The average molecular weight is 1200 g/mol. The number of hydrogen-bond acceptors (Lipinski definition) is 12. The number of thiophene rings is 1. The zero-order valence-corrected chi connectivity index (χ0v) is 51.5. The fourth-order valence-electron chi connectivity index (χ4n) is 19.3. The summed E-state index contributed by atoms with van der Waals surface area (Å²) >= 11 is 0. The van der Waals surface area contributed by atoms with Crippen molar-refractivity contribution in [2.24, 2.45) is 71.0 Å². The summed E-state index contributed by atoms with van der Waals surface area (Å²) in [7, 11) is -0.483. The van der Waals surface area contributed by atoms with Gasteiger partial charge in [0, 0.05) is 34.7 Å². The molecule has 12 bridgehead atoms. The van der Waals surface area contributed by atoms with Crippen molar-refractivity contribution in [2.75, 3.05) is 19.8 Å². The minimum absolute atomic E-state index is 0.127. The van der Waals surface area contributed by atoms with Crippen LogP contribution in [-0.4, -0.2) is 54.5 Å². The lowest BCUT2D eigenvalue weighted by Gasteiger charge is -2.59. The first kappa shape index (κ1) is 56.0. The third kappa shape index (κ3) is 10.5. The van der Waals surface area contributed by atoms with Crippen LogP contribution in [0.15, 0.2) is 133 Å². The van der Waals surface area contributed by atoms with E-state index in [2.05, 4.69) is 57.2 Å². The lowest BCUT2D eigenvalue weighted by molar-refractivity contribution is -0.205. The van der Waals surface area contributed by atoms with Crippen molar-refractivity contribution in [3.05, 3.63) is 133 Å². The molecule has 12 nitrogen and oxygen atoms in total. The van der Waals surface area contributed by atoms with E-state index < -0.39 is 21.7 Å². The summed E-state index contributed by atoms with van der Waals surface area (Å²) in [5.41, 5.74) is -1.18. The minimum atomic E-state index is -0.483. The summed E-state index contributed by atoms with van der Waals surface area (Å²) in [5.74, 6) is 12.2. The smallest absolute Gasteiger partial charge is 0.344 e. The second-order valence-electron chi connectivity index (χ2n) is 28.6. The summed E-state index contributed by atoms with van der Waals surface area (Å²) in [6, 6.07) is 42.8. The van der Waals surface area contributed by atoms with Crippen LogP contribution in [0, 0.1) is 71.0 Å². The molecule has 1 aromatic heterocycles. The molecule has 0 spiro atoms. The van der Waals surface area contributed by atoms with Crippen molar-refractivity contribution >= 4 is 48.6 Å². The molecule has 12 aliphatic carbocycles. The van der Waals surface area contributed by atoms with Gasteiger partial charge in [-0.2, -0.15) is 0 Å². The molecule has 88 heavy (non-hydrogen) atoms. The monoisotopic (exact) mass is 1200 g/mol. The van der Waals surface area contributed by atoms with Gasteiger partial charge in [-0.3, -0.25) is 0 Å². The van der Waals surface area contributed by atoms with E-state index in [0.717, 1.165) is 60.6 Å². The van der Waals surface area contributed by atoms with E-state index in [1.54, 1.807) is 0 Å². The van der Waals surface area contributed by atoms with E-state index in [9.17, 15) is 14.4 Å². The summed E-state index contributed by atoms with van der Waals surface area (Å²) in [4.78, 5) is 40.8. The van der Waals surface area contributed by atoms with E-state index in [-0.39, 0.29) is 43.3 Å². The fourth-order valence-corrected chi connectivity index (χ4v) is 21.6. The van der Waals surface area contributed by atoms with Gasteiger partial charge in [0.05, 0.1) is 10.8 Å². The van der Waals surface area contributed by atoms with Gasteiger partial charge in [-0.05, 0) is 297 Å². The molecule has 19 rings (SSSR count). The predicted octanol–water partition coefficient (Wildman–Crippen LogP) is 17.5. The van der Waals surface area contributed by atoms with Gasteiger partial charge in [0.2, 0.25) is 0 Å². The number of carbonyl (C=O) groups is 3. The molecule has 0 saturated heterocycles. The third-order valence-corrected chi connectivity index (χ3v) is 25.6. The highest BCUT2D eigenvalue weighted by Gasteiger charge is 2.59. The molecular weight excluding hydrogens is 1120 g/mol. The van der Waals surface area contributed by atoms with Crippen molar-refractivity contribution < 1.29 is 57.0 Å². The first-order chi connectivity index (χ1) is 42.7. The van der Waals surface area contributed by atoms with Crippen LogP contribution in [0.25, 0.3) is 25.1 Å². The highest BCUT2D eigenvalue weighted by atomic mass is 32.2. The van der Waals surface area contributed by atoms with Crippen LogP contribution in [0.2, 0.25) is 0 Å². The van der Waals surface area contributed by atoms with Crippen molar-refractivity contribution in [1.29, 1.82) is 0 Å². The Kier molecular flexibility index (Phi) is 14.0. The van der Waals surface area contributed by atoms with Gasteiger partial charge in [-0.15, -0.1) is 0 Å². The van der Waals surface area contributed by atoms with Crippen LogP contribution in [-0.2, 0) is 28.6 Å². The summed E-state index contributed by atoms with van der Waals surface area (Å²) in [6.45, 7) is 6.08. The zero-order valence-electron chi connectivity index (χ0n) is 50.7. The fraction of sp³-hybridized carbons (Fsp3) is 0.480. The molecule has 0 aliphatic heterocycles.